The second-order valence-electron chi connectivity index (χ2n) is 4.93. The molecule has 0 spiro atoms. The second-order valence-corrected chi connectivity index (χ2v) is 4.93. The molecule has 3 aromatic rings. The van der Waals surface area contributed by atoms with E-state index in [-0.39, 0.29) is 5.97 Å². The second kappa shape index (κ2) is 5.89. The van der Waals surface area contributed by atoms with Crippen LogP contribution in [0.2, 0.25) is 0 Å². The van der Waals surface area contributed by atoms with Gasteiger partial charge in [0.1, 0.15) is 11.4 Å². The summed E-state index contributed by atoms with van der Waals surface area (Å²) < 4.78 is 11.8. The molecule has 0 amide bonds. The van der Waals surface area contributed by atoms with E-state index in [9.17, 15) is 4.79 Å². The molecule has 1 aromatic carbocycles. The molecule has 2 aromatic heterocycles. The number of benzene rings is 1. The summed E-state index contributed by atoms with van der Waals surface area (Å²) in [5.74, 6) is 0.476. The fourth-order valence-electron chi connectivity index (χ4n) is 2.32. The third kappa shape index (κ3) is 2.79. The first-order valence-electron chi connectivity index (χ1n) is 6.88. The Morgan fingerprint density at radius 1 is 1.18 bits per heavy atom. The SMILES string of the molecule is COC(=O)c1ccn2cc(Cc3ccc(OC)cc3)nc2c1. The summed E-state index contributed by atoms with van der Waals surface area (Å²) in [7, 11) is 3.02. The molecular formula is C17H16N2O3. The number of hydrogen-bond acceptors (Lipinski definition) is 4. The van der Waals surface area contributed by atoms with Gasteiger partial charge in [0.15, 0.2) is 0 Å². The van der Waals surface area contributed by atoms with Crippen LogP contribution in [0.25, 0.3) is 5.65 Å². The molecule has 0 atom stereocenters. The van der Waals surface area contributed by atoms with Crippen LogP contribution >= 0.6 is 0 Å². The van der Waals surface area contributed by atoms with Crippen molar-refractivity contribution in [3.63, 3.8) is 0 Å². The Kier molecular flexibility index (Phi) is 3.78. The predicted octanol–water partition coefficient (Wildman–Crippen LogP) is 2.72. The summed E-state index contributed by atoms with van der Waals surface area (Å²) in [6, 6.07) is 11.3. The van der Waals surface area contributed by atoms with Crippen LogP contribution in [0, 0.1) is 0 Å². The van der Waals surface area contributed by atoms with Gasteiger partial charge < -0.3 is 13.9 Å². The Morgan fingerprint density at radius 2 is 1.95 bits per heavy atom. The van der Waals surface area contributed by atoms with Gasteiger partial charge >= 0.3 is 5.97 Å². The molecule has 2 heterocycles. The first-order valence-corrected chi connectivity index (χ1v) is 6.88. The monoisotopic (exact) mass is 296 g/mol. The number of nitrogens with zero attached hydrogens (tertiary/aromatic N) is 2. The van der Waals surface area contributed by atoms with E-state index in [2.05, 4.69) is 4.98 Å². The molecule has 0 aliphatic carbocycles. The maximum atomic E-state index is 11.5. The molecule has 5 nitrogen and oxygen atoms in total. The summed E-state index contributed by atoms with van der Waals surface area (Å²) in [5, 5.41) is 0. The molecule has 22 heavy (non-hydrogen) atoms. The van der Waals surface area contributed by atoms with E-state index < -0.39 is 0 Å². The number of esters is 1. The topological polar surface area (TPSA) is 52.8 Å². The van der Waals surface area contributed by atoms with Crippen molar-refractivity contribution in [2.45, 2.75) is 6.42 Å². The van der Waals surface area contributed by atoms with E-state index in [1.807, 2.05) is 41.1 Å². The lowest BCUT2D eigenvalue weighted by Crippen LogP contribution is -2.01. The molecule has 0 unspecified atom stereocenters. The fourth-order valence-corrected chi connectivity index (χ4v) is 2.32. The predicted molar refractivity (Wildman–Crippen MR) is 82.3 cm³/mol. The minimum absolute atomic E-state index is 0.359. The molecule has 3 rings (SSSR count). The third-order valence-electron chi connectivity index (χ3n) is 3.48. The Labute approximate surface area is 128 Å². The Bertz CT molecular complexity index is 806. The van der Waals surface area contributed by atoms with Gasteiger partial charge in [-0.05, 0) is 29.8 Å². The average molecular weight is 296 g/mol. The number of imidazole rings is 1. The van der Waals surface area contributed by atoms with Gasteiger partial charge in [0.25, 0.3) is 0 Å². The molecule has 0 fully saturated rings. The van der Waals surface area contributed by atoms with E-state index in [4.69, 9.17) is 9.47 Å². The third-order valence-corrected chi connectivity index (χ3v) is 3.48. The summed E-state index contributed by atoms with van der Waals surface area (Å²) in [6.45, 7) is 0. The quantitative estimate of drug-likeness (QED) is 0.695. The molecular weight excluding hydrogens is 280 g/mol. The molecule has 0 saturated carbocycles. The van der Waals surface area contributed by atoms with Crippen molar-refractivity contribution in [2.24, 2.45) is 0 Å². The van der Waals surface area contributed by atoms with E-state index in [1.165, 1.54) is 7.11 Å². The van der Waals surface area contributed by atoms with Gasteiger partial charge in [-0.25, -0.2) is 9.78 Å². The van der Waals surface area contributed by atoms with Gasteiger partial charge in [-0.2, -0.15) is 0 Å². The summed E-state index contributed by atoms with van der Waals surface area (Å²) in [5.41, 5.74) is 3.31. The zero-order chi connectivity index (χ0) is 15.5. The fraction of sp³-hybridized carbons (Fsp3) is 0.176. The van der Waals surface area contributed by atoms with Crippen molar-refractivity contribution >= 4 is 11.6 Å². The van der Waals surface area contributed by atoms with Crippen LogP contribution in [0.5, 0.6) is 5.75 Å². The standard InChI is InChI=1S/C17H16N2O3/c1-21-15-5-3-12(4-6-15)9-14-11-19-8-7-13(17(20)22-2)10-16(19)18-14/h3-8,10-11H,9H2,1-2H3. The van der Waals surface area contributed by atoms with Gasteiger partial charge in [0.05, 0.1) is 25.5 Å². The number of rotatable bonds is 4. The largest absolute Gasteiger partial charge is 0.497 e. The summed E-state index contributed by atoms with van der Waals surface area (Å²) in [4.78, 5) is 16.1. The molecule has 0 saturated heterocycles. The Morgan fingerprint density at radius 3 is 2.64 bits per heavy atom. The first-order chi connectivity index (χ1) is 10.7. The van der Waals surface area contributed by atoms with Gasteiger partial charge in [-0.15, -0.1) is 0 Å². The van der Waals surface area contributed by atoms with Gasteiger partial charge in [-0.1, -0.05) is 12.1 Å². The highest BCUT2D eigenvalue weighted by Crippen LogP contribution is 2.16. The van der Waals surface area contributed by atoms with Gasteiger partial charge in [0.2, 0.25) is 0 Å². The van der Waals surface area contributed by atoms with Crippen molar-refractivity contribution < 1.29 is 14.3 Å². The number of ether oxygens (including phenoxy) is 2. The zero-order valence-corrected chi connectivity index (χ0v) is 12.4. The number of methoxy groups -OCH3 is 2. The van der Waals surface area contributed by atoms with Crippen molar-refractivity contribution in [3.05, 3.63) is 65.6 Å². The van der Waals surface area contributed by atoms with Crippen LogP contribution in [0.4, 0.5) is 0 Å². The van der Waals surface area contributed by atoms with Crippen LogP contribution in [0.3, 0.4) is 0 Å². The smallest absolute Gasteiger partial charge is 0.338 e. The highest BCUT2D eigenvalue weighted by molar-refractivity contribution is 5.90. The van der Waals surface area contributed by atoms with E-state index in [0.29, 0.717) is 5.56 Å². The van der Waals surface area contributed by atoms with E-state index in [1.54, 1.807) is 19.2 Å². The van der Waals surface area contributed by atoms with Gasteiger partial charge in [-0.3, -0.25) is 0 Å². The Balaban J connectivity index is 1.86. The van der Waals surface area contributed by atoms with Crippen molar-refractivity contribution in [2.75, 3.05) is 14.2 Å². The molecule has 0 aliphatic rings. The summed E-state index contributed by atoms with van der Waals surface area (Å²) in [6.07, 6.45) is 4.49. The number of carbonyl (C=O) groups excluding carboxylic acids is 1. The highest BCUT2D eigenvalue weighted by Gasteiger charge is 2.08. The molecule has 0 radical (unpaired) electrons. The summed E-state index contributed by atoms with van der Waals surface area (Å²) >= 11 is 0. The lowest BCUT2D eigenvalue weighted by molar-refractivity contribution is 0.0600. The number of hydrogen-bond donors (Lipinski definition) is 0. The molecule has 112 valence electrons. The normalized spacial score (nSPS) is 10.6. The lowest BCUT2D eigenvalue weighted by Gasteiger charge is -2.01. The number of carbonyl (C=O) groups is 1. The minimum atomic E-state index is -0.359. The molecule has 0 N–H and O–H groups in total. The minimum Gasteiger partial charge on any atom is -0.497 e. The molecule has 0 aliphatic heterocycles. The van der Waals surface area contributed by atoms with Crippen LogP contribution in [0.15, 0.2) is 48.8 Å². The maximum absolute atomic E-state index is 11.5. The van der Waals surface area contributed by atoms with Gasteiger partial charge in [0, 0.05) is 18.8 Å². The molecule has 0 bridgehead atoms. The van der Waals surface area contributed by atoms with Crippen LogP contribution in [0.1, 0.15) is 21.6 Å². The highest BCUT2D eigenvalue weighted by atomic mass is 16.5. The first kappa shape index (κ1) is 14.1. The maximum Gasteiger partial charge on any atom is 0.338 e. The Hall–Kier alpha value is -2.82. The molecule has 5 heteroatoms. The zero-order valence-electron chi connectivity index (χ0n) is 12.4. The van der Waals surface area contributed by atoms with Crippen LogP contribution < -0.4 is 4.74 Å². The van der Waals surface area contributed by atoms with Crippen molar-refractivity contribution in [3.8, 4) is 5.75 Å². The number of pyridine rings is 1. The van der Waals surface area contributed by atoms with Crippen LogP contribution in [-0.2, 0) is 11.2 Å². The van der Waals surface area contributed by atoms with E-state index >= 15 is 0 Å². The number of fused-ring (bicyclic) bond motifs is 1. The van der Waals surface area contributed by atoms with E-state index in [0.717, 1.165) is 29.1 Å². The lowest BCUT2D eigenvalue weighted by atomic mass is 10.1. The average Bonchev–Trinajstić information content (AvgIpc) is 2.96. The number of aromatic nitrogens is 2. The van der Waals surface area contributed by atoms with Crippen LogP contribution in [-0.4, -0.2) is 29.6 Å². The van der Waals surface area contributed by atoms with Crippen molar-refractivity contribution in [1.29, 1.82) is 0 Å². The van der Waals surface area contributed by atoms with Crippen molar-refractivity contribution in [1.82, 2.24) is 9.38 Å².